The van der Waals surface area contributed by atoms with Crippen molar-refractivity contribution in [3.8, 4) is 0 Å². The topological polar surface area (TPSA) is 66.8 Å². The van der Waals surface area contributed by atoms with Gasteiger partial charge in [-0.15, -0.1) is 0 Å². The molecular formula is C13H23NO4. The predicted molar refractivity (Wildman–Crippen MR) is 66.9 cm³/mol. The molecule has 0 aromatic carbocycles. The quantitative estimate of drug-likeness (QED) is 0.719. The van der Waals surface area contributed by atoms with Gasteiger partial charge in [0.15, 0.2) is 6.61 Å². The van der Waals surface area contributed by atoms with E-state index >= 15 is 0 Å². The van der Waals surface area contributed by atoms with Crippen LogP contribution in [0.5, 0.6) is 0 Å². The molecule has 1 amide bonds. The van der Waals surface area contributed by atoms with Crippen molar-refractivity contribution < 1.29 is 19.4 Å². The van der Waals surface area contributed by atoms with Crippen LogP contribution in [0.1, 0.15) is 39.0 Å². The monoisotopic (exact) mass is 257 g/mol. The van der Waals surface area contributed by atoms with E-state index in [-0.39, 0.29) is 19.1 Å². The van der Waals surface area contributed by atoms with E-state index in [2.05, 4.69) is 0 Å². The lowest BCUT2D eigenvalue weighted by atomic mass is 9.89. The lowest BCUT2D eigenvalue weighted by Crippen LogP contribution is -2.40. The molecule has 104 valence electrons. The van der Waals surface area contributed by atoms with E-state index in [9.17, 15) is 9.59 Å². The van der Waals surface area contributed by atoms with Gasteiger partial charge in [-0.3, -0.25) is 9.59 Å². The minimum Gasteiger partial charge on any atom is -0.456 e. The van der Waals surface area contributed by atoms with Gasteiger partial charge < -0.3 is 14.7 Å². The third-order valence-corrected chi connectivity index (χ3v) is 3.32. The zero-order valence-electron chi connectivity index (χ0n) is 11.1. The molecule has 0 radical (unpaired) electrons. The fourth-order valence-electron chi connectivity index (χ4n) is 2.37. The number of esters is 1. The van der Waals surface area contributed by atoms with E-state index in [1.54, 1.807) is 4.90 Å². The number of aliphatic hydroxyl groups is 1. The van der Waals surface area contributed by atoms with Crippen LogP contribution in [0, 0.1) is 5.92 Å². The molecular weight excluding hydrogens is 234 g/mol. The van der Waals surface area contributed by atoms with Gasteiger partial charge >= 0.3 is 5.97 Å². The lowest BCUT2D eigenvalue weighted by molar-refractivity contribution is -0.150. The molecule has 0 saturated heterocycles. The second-order valence-corrected chi connectivity index (χ2v) is 4.85. The van der Waals surface area contributed by atoms with Gasteiger partial charge in [0.2, 0.25) is 0 Å². The van der Waals surface area contributed by atoms with Gasteiger partial charge in [-0.2, -0.15) is 0 Å². The first kappa shape index (κ1) is 15.0. The first-order valence-electron chi connectivity index (χ1n) is 6.65. The Balaban J connectivity index is 2.41. The van der Waals surface area contributed by atoms with Crippen LogP contribution in [0.15, 0.2) is 0 Å². The molecule has 0 unspecified atom stereocenters. The molecule has 5 heteroatoms. The maximum atomic E-state index is 11.8. The molecule has 0 aromatic rings. The van der Waals surface area contributed by atoms with Crippen molar-refractivity contribution in [3.05, 3.63) is 0 Å². The zero-order valence-corrected chi connectivity index (χ0v) is 11.1. The van der Waals surface area contributed by atoms with Crippen LogP contribution in [-0.2, 0) is 14.3 Å². The largest absolute Gasteiger partial charge is 0.456 e. The van der Waals surface area contributed by atoms with Crippen molar-refractivity contribution in [3.63, 3.8) is 0 Å². The van der Waals surface area contributed by atoms with Crippen LogP contribution in [-0.4, -0.2) is 48.2 Å². The molecule has 1 aliphatic rings. The maximum absolute atomic E-state index is 11.8. The van der Waals surface area contributed by atoms with E-state index in [0.29, 0.717) is 19.0 Å². The van der Waals surface area contributed by atoms with Crippen LogP contribution in [0.2, 0.25) is 0 Å². The smallest absolute Gasteiger partial charge is 0.303 e. The van der Waals surface area contributed by atoms with Gasteiger partial charge in [0, 0.05) is 20.0 Å². The lowest BCUT2D eigenvalue weighted by Gasteiger charge is -2.29. The van der Waals surface area contributed by atoms with Gasteiger partial charge in [-0.05, 0) is 18.8 Å². The van der Waals surface area contributed by atoms with Gasteiger partial charge in [-0.1, -0.05) is 19.3 Å². The number of carbonyl (C=O) groups excluding carboxylic acids is 2. The third-order valence-electron chi connectivity index (χ3n) is 3.32. The van der Waals surface area contributed by atoms with Crippen LogP contribution < -0.4 is 0 Å². The first-order chi connectivity index (χ1) is 8.63. The number of carbonyl (C=O) groups is 2. The average molecular weight is 257 g/mol. The highest BCUT2D eigenvalue weighted by atomic mass is 16.5. The number of ether oxygens (including phenoxy) is 1. The predicted octanol–water partition coefficient (Wildman–Crippen LogP) is 0.951. The van der Waals surface area contributed by atoms with Crippen LogP contribution in [0.3, 0.4) is 0 Å². The summed E-state index contributed by atoms with van der Waals surface area (Å²) < 4.78 is 4.71. The Morgan fingerprint density at radius 1 is 1.28 bits per heavy atom. The van der Waals surface area contributed by atoms with Crippen LogP contribution in [0.25, 0.3) is 0 Å². The summed E-state index contributed by atoms with van der Waals surface area (Å²) >= 11 is 0. The molecule has 5 nitrogen and oxygen atoms in total. The minimum atomic E-state index is -0.454. The number of nitrogens with zero attached hydrogens (tertiary/aromatic N) is 1. The summed E-state index contributed by atoms with van der Waals surface area (Å²) in [6, 6.07) is 0. The molecule has 0 bridgehead atoms. The summed E-state index contributed by atoms with van der Waals surface area (Å²) in [5.74, 6) is -0.152. The minimum absolute atomic E-state index is 0.0570. The molecule has 0 atom stereocenters. The van der Waals surface area contributed by atoms with E-state index in [1.165, 1.54) is 26.2 Å². The molecule has 18 heavy (non-hydrogen) atoms. The fourth-order valence-corrected chi connectivity index (χ4v) is 2.37. The molecule has 1 fully saturated rings. The second-order valence-electron chi connectivity index (χ2n) is 4.85. The Bertz CT molecular complexity index is 274. The molecule has 1 rings (SSSR count). The Morgan fingerprint density at radius 2 is 1.94 bits per heavy atom. The zero-order chi connectivity index (χ0) is 13.4. The Labute approximate surface area is 108 Å². The van der Waals surface area contributed by atoms with Crippen molar-refractivity contribution in [2.45, 2.75) is 39.0 Å². The van der Waals surface area contributed by atoms with E-state index in [0.717, 1.165) is 12.8 Å². The number of aliphatic hydroxyl groups excluding tert-OH is 1. The van der Waals surface area contributed by atoms with Gasteiger partial charge in [0.1, 0.15) is 0 Å². The molecule has 1 N–H and O–H groups in total. The van der Waals surface area contributed by atoms with E-state index < -0.39 is 5.97 Å². The van der Waals surface area contributed by atoms with Crippen molar-refractivity contribution >= 4 is 11.9 Å². The van der Waals surface area contributed by atoms with Crippen molar-refractivity contribution in [2.24, 2.45) is 5.92 Å². The Kier molecular flexibility index (Phi) is 6.72. The highest BCUT2D eigenvalue weighted by Gasteiger charge is 2.21. The summed E-state index contributed by atoms with van der Waals surface area (Å²) in [5.41, 5.74) is 0. The van der Waals surface area contributed by atoms with Crippen molar-refractivity contribution in [1.82, 2.24) is 4.90 Å². The maximum Gasteiger partial charge on any atom is 0.303 e. The standard InChI is InChI=1S/C13H23NO4/c1-11(16)18-10-13(17)14(7-8-15)9-12-5-3-2-4-6-12/h12,15H,2-10H2,1H3. The number of hydrogen-bond donors (Lipinski definition) is 1. The van der Waals surface area contributed by atoms with Gasteiger partial charge in [0.05, 0.1) is 6.61 Å². The Morgan fingerprint density at radius 3 is 2.50 bits per heavy atom. The highest BCUT2D eigenvalue weighted by Crippen LogP contribution is 2.24. The van der Waals surface area contributed by atoms with E-state index in [4.69, 9.17) is 9.84 Å². The van der Waals surface area contributed by atoms with Crippen LogP contribution in [0.4, 0.5) is 0 Å². The molecule has 0 heterocycles. The SMILES string of the molecule is CC(=O)OCC(=O)N(CCO)CC1CCCCC1. The van der Waals surface area contributed by atoms with Gasteiger partial charge in [0.25, 0.3) is 5.91 Å². The molecule has 1 aliphatic carbocycles. The van der Waals surface area contributed by atoms with Gasteiger partial charge in [-0.25, -0.2) is 0 Å². The summed E-state index contributed by atoms with van der Waals surface area (Å²) in [5, 5.41) is 8.99. The highest BCUT2D eigenvalue weighted by molar-refractivity contribution is 5.80. The van der Waals surface area contributed by atoms with Crippen molar-refractivity contribution in [2.75, 3.05) is 26.3 Å². The van der Waals surface area contributed by atoms with Crippen LogP contribution >= 0.6 is 0 Å². The van der Waals surface area contributed by atoms with E-state index in [1.807, 2.05) is 0 Å². The summed E-state index contributed by atoms with van der Waals surface area (Å²) in [6.45, 7) is 1.99. The number of rotatable bonds is 6. The molecule has 1 saturated carbocycles. The fraction of sp³-hybridized carbons (Fsp3) is 0.846. The summed E-state index contributed by atoms with van der Waals surface area (Å²) in [7, 11) is 0. The van der Waals surface area contributed by atoms with Crippen molar-refractivity contribution in [1.29, 1.82) is 0 Å². The number of hydrogen-bond acceptors (Lipinski definition) is 4. The normalized spacial score (nSPS) is 16.3. The Hall–Kier alpha value is -1.10. The average Bonchev–Trinajstić information content (AvgIpc) is 2.36. The number of amides is 1. The molecule has 0 aliphatic heterocycles. The summed E-state index contributed by atoms with van der Waals surface area (Å²) in [4.78, 5) is 24.1. The molecule has 0 aromatic heterocycles. The molecule has 0 spiro atoms. The summed E-state index contributed by atoms with van der Waals surface area (Å²) in [6.07, 6.45) is 6.00. The third kappa shape index (κ3) is 5.49. The first-order valence-corrected chi connectivity index (χ1v) is 6.65. The second kappa shape index (κ2) is 8.08.